The molecule has 5 nitrogen and oxygen atoms in total. The molecule has 1 atom stereocenters. The maximum Gasteiger partial charge on any atom is 0.222 e. The second-order valence-electron chi connectivity index (χ2n) is 7.41. The van der Waals surface area contributed by atoms with Gasteiger partial charge < -0.3 is 14.4 Å². The van der Waals surface area contributed by atoms with Gasteiger partial charge in [-0.3, -0.25) is 9.69 Å². The van der Waals surface area contributed by atoms with Crippen LogP contribution in [-0.4, -0.2) is 67.2 Å². The van der Waals surface area contributed by atoms with Gasteiger partial charge in [0.15, 0.2) is 0 Å². The number of hydrogen-bond acceptors (Lipinski definition) is 4. The van der Waals surface area contributed by atoms with Crippen LogP contribution in [0.25, 0.3) is 0 Å². The zero-order chi connectivity index (χ0) is 18.2. The molecule has 1 amide bonds. The Morgan fingerprint density at radius 1 is 1.15 bits per heavy atom. The summed E-state index contributed by atoms with van der Waals surface area (Å²) in [4.78, 5) is 17.0. The zero-order valence-electron chi connectivity index (χ0n) is 15.9. The number of hydrogen-bond donors (Lipinski definition) is 0. The van der Waals surface area contributed by atoms with E-state index in [1.807, 2.05) is 23.1 Å². The lowest BCUT2D eigenvalue weighted by molar-refractivity contribution is -0.134. The van der Waals surface area contributed by atoms with E-state index in [9.17, 15) is 4.79 Å². The molecular formula is C21H32N2O3. The van der Waals surface area contributed by atoms with Crippen LogP contribution in [0.3, 0.4) is 0 Å². The molecule has 1 aromatic rings. The predicted octanol–water partition coefficient (Wildman–Crippen LogP) is 2.70. The minimum Gasteiger partial charge on any atom is -0.379 e. The molecule has 2 heterocycles. The van der Waals surface area contributed by atoms with E-state index in [4.69, 9.17) is 9.47 Å². The minimum absolute atomic E-state index is 0.270. The molecule has 2 aliphatic heterocycles. The molecule has 0 saturated carbocycles. The number of ether oxygens (including phenoxy) is 2. The first-order chi connectivity index (χ1) is 12.7. The number of benzene rings is 1. The zero-order valence-corrected chi connectivity index (χ0v) is 15.9. The standard InChI is InChI=1S/C21H32N2O3/c1-18(22-13-15-25-16-14-22)7-8-21(24)23-11-9-20(10-12-23)26-17-19-5-3-2-4-6-19/h2-6,18,20H,7-17H2,1H3/t18-/m1/s1. The van der Waals surface area contributed by atoms with Gasteiger partial charge in [0.2, 0.25) is 5.91 Å². The van der Waals surface area contributed by atoms with Crippen LogP contribution in [0.4, 0.5) is 0 Å². The molecule has 0 aliphatic carbocycles. The molecule has 3 rings (SSSR count). The molecule has 0 N–H and O–H groups in total. The third-order valence-electron chi connectivity index (χ3n) is 5.57. The van der Waals surface area contributed by atoms with E-state index in [2.05, 4.69) is 24.0 Å². The van der Waals surface area contributed by atoms with Gasteiger partial charge in [-0.05, 0) is 31.7 Å². The first-order valence-electron chi connectivity index (χ1n) is 9.97. The smallest absolute Gasteiger partial charge is 0.222 e. The third-order valence-corrected chi connectivity index (χ3v) is 5.57. The molecule has 0 aromatic heterocycles. The van der Waals surface area contributed by atoms with Gasteiger partial charge in [0.05, 0.1) is 25.9 Å². The van der Waals surface area contributed by atoms with E-state index < -0.39 is 0 Å². The fourth-order valence-electron chi connectivity index (χ4n) is 3.75. The number of carbonyl (C=O) groups excluding carboxylic acids is 1. The van der Waals surface area contributed by atoms with E-state index in [1.54, 1.807) is 0 Å². The Morgan fingerprint density at radius 2 is 1.85 bits per heavy atom. The van der Waals surface area contributed by atoms with Crippen LogP contribution in [0.5, 0.6) is 0 Å². The van der Waals surface area contributed by atoms with Crippen molar-refractivity contribution >= 4 is 5.91 Å². The van der Waals surface area contributed by atoms with E-state index in [0.717, 1.165) is 58.7 Å². The maximum atomic E-state index is 12.5. The van der Waals surface area contributed by atoms with Gasteiger partial charge >= 0.3 is 0 Å². The van der Waals surface area contributed by atoms with Gasteiger partial charge in [-0.2, -0.15) is 0 Å². The van der Waals surface area contributed by atoms with Crippen molar-refractivity contribution < 1.29 is 14.3 Å². The monoisotopic (exact) mass is 360 g/mol. The molecule has 2 aliphatic rings. The first-order valence-corrected chi connectivity index (χ1v) is 9.97. The molecular weight excluding hydrogens is 328 g/mol. The number of carbonyl (C=O) groups is 1. The number of nitrogens with zero attached hydrogens (tertiary/aromatic N) is 2. The molecule has 1 aromatic carbocycles. The van der Waals surface area contributed by atoms with Gasteiger partial charge in [0.25, 0.3) is 0 Å². The third kappa shape index (κ3) is 5.79. The highest BCUT2D eigenvalue weighted by Gasteiger charge is 2.24. The number of amides is 1. The summed E-state index contributed by atoms with van der Waals surface area (Å²) in [5, 5.41) is 0. The summed E-state index contributed by atoms with van der Waals surface area (Å²) in [6.07, 6.45) is 3.73. The number of rotatable bonds is 7. The summed E-state index contributed by atoms with van der Waals surface area (Å²) in [6, 6.07) is 10.7. The van der Waals surface area contributed by atoms with Crippen molar-refractivity contribution in [1.82, 2.24) is 9.80 Å². The molecule has 0 spiro atoms. The Bertz CT molecular complexity index is 537. The average Bonchev–Trinajstić information content (AvgIpc) is 2.72. The predicted molar refractivity (Wildman–Crippen MR) is 102 cm³/mol. The van der Waals surface area contributed by atoms with E-state index in [-0.39, 0.29) is 6.10 Å². The van der Waals surface area contributed by atoms with Crippen molar-refractivity contribution in [2.45, 2.75) is 51.4 Å². The lowest BCUT2D eigenvalue weighted by Crippen LogP contribution is -2.44. The van der Waals surface area contributed by atoms with Crippen LogP contribution in [0.2, 0.25) is 0 Å². The highest BCUT2D eigenvalue weighted by molar-refractivity contribution is 5.76. The summed E-state index contributed by atoms with van der Waals surface area (Å²) in [6.45, 7) is 8.13. The van der Waals surface area contributed by atoms with Crippen LogP contribution in [-0.2, 0) is 20.9 Å². The fraction of sp³-hybridized carbons (Fsp3) is 0.667. The Balaban J connectivity index is 1.32. The molecule has 26 heavy (non-hydrogen) atoms. The SMILES string of the molecule is C[C@H](CCC(=O)N1CCC(OCc2ccccc2)CC1)N1CCOCC1. The Hall–Kier alpha value is -1.43. The molecule has 0 radical (unpaired) electrons. The van der Waals surface area contributed by atoms with Gasteiger partial charge in [-0.1, -0.05) is 30.3 Å². The van der Waals surface area contributed by atoms with Crippen LogP contribution in [0.15, 0.2) is 30.3 Å². The van der Waals surface area contributed by atoms with Crippen LogP contribution in [0, 0.1) is 0 Å². The normalized spacial score (nSPS) is 20.9. The minimum atomic E-state index is 0.270. The summed E-state index contributed by atoms with van der Waals surface area (Å²) in [5.41, 5.74) is 1.21. The molecule has 0 unspecified atom stereocenters. The van der Waals surface area contributed by atoms with E-state index >= 15 is 0 Å². The van der Waals surface area contributed by atoms with Crippen LogP contribution < -0.4 is 0 Å². The lowest BCUT2D eigenvalue weighted by atomic mass is 10.1. The second kappa shape index (κ2) is 10.0. The Labute approximate surface area is 157 Å². The van der Waals surface area contributed by atoms with Crippen molar-refractivity contribution in [2.75, 3.05) is 39.4 Å². The van der Waals surface area contributed by atoms with Crippen molar-refractivity contribution in [3.63, 3.8) is 0 Å². The second-order valence-corrected chi connectivity index (χ2v) is 7.41. The first kappa shape index (κ1) is 19.3. The van der Waals surface area contributed by atoms with Crippen molar-refractivity contribution in [3.8, 4) is 0 Å². The fourth-order valence-corrected chi connectivity index (χ4v) is 3.75. The van der Waals surface area contributed by atoms with Crippen molar-refractivity contribution in [2.24, 2.45) is 0 Å². The maximum absolute atomic E-state index is 12.5. The van der Waals surface area contributed by atoms with Crippen LogP contribution in [0.1, 0.15) is 38.2 Å². The van der Waals surface area contributed by atoms with Crippen molar-refractivity contribution in [1.29, 1.82) is 0 Å². The Kier molecular flexibility index (Phi) is 7.47. The van der Waals surface area contributed by atoms with Crippen molar-refractivity contribution in [3.05, 3.63) is 35.9 Å². The number of morpholine rings is 1. The number of likely N-dealkylation sites (tertiary alicyclic amines) is 1. The quantitative estimate of drug-likeness (QED) is 0.750. The highest BCUT2D eigenvalue weighted by atomic mass is 16.5. The van der Waals surface area contributed by atoms with Gasteiger partial charge in [0, 0.05) is 38.6 Å². The molecule has 0 bridgehead atoms. The molecule has 2 fully saturated rings. The molecule has 2 saturated heterocycles. The van der Waals surface area contributed by atoms with Gasteiger partial charge in [0.1, 0.15) is 0 Å². The largest absolute Gasteiger partial charge is 0.379 e. The van der Waals surface area contributed by atoms with Gasteiger partial charge in [-0.25, -0.2) is 0 Å². The van der Waals surface area contributed by atoms with E-state index in [1.165, 1.54) is 5.56 Å². The lowest BCUT2D eigenvalue weighted by Gasteiger charge is -2.34. The highest BCUT2D eigenvalue weighted by Crippen LogP contribution is 2.18. The number of piperidine rings is 1. The van der Waals surface area contributed by atoms with E-state index in [0.29, 0.717) is 25.0 Å². The van der Waals surface area contributed by atoms with Gasteiger partial charge in [-0.15, -0.1) is 0 Å². The average molecular weight is 360 g/mol. The molecule has 144 valence electrons. The van der Waals surface area contributed by atoms with Crippen LogP contribution >= 0.6 is 0 Å². The summed E-state index contributed by atoms with van der Waals surface area (Å²) in [5.74, 6) is 0.298. The Morgan fingerprint density at radius 3 is 2.54 bits per heavy atom. The topological polar surface area (TPSA) is 42.0 Å². The summed E-state index contributed by atoms with van der Waals surface area (Å²) >= 11 is 0. The molecule has 5 heteroatoms. The summed E-state index contributed by atoms with van der Waals surface area (Å²) in [7, 11) is 0. The summed E-state index contributed by atoms with van der Waals surface area (Å²) < 4.78 is 11.4.